The van der Waals surface area contributed by atoms with Crippen molar-refractivity contribution >= 4 is 23.1 Å². The zero-order chi connectivity index (χ0) is 11.8. The Bertz CT molecular complexity index is 531. The van der Waals surface area contributed by atoms with E-state index >= 15 is 0 Å². The average Bonchev–Trinajstić information content (AvgIpc) is 2.77. The minimum absolute atomic E-state index is 0.489. The van der Waals surface area contributed by atoms with Crippen molar-refractivity contribution in [3.63, 3.8) is 0 Å². The SMILES string of the molecule is NN1CCN(c2cc(Cl)nc3ccnn23)CC1. The Kier molecular flexibility index (Phi) is 2.62. The molecule has 1 fully saturated rings. The Labute approximate surface area is 104 Å². The monoisotopic (exact) mass is 252 g/mol. The number of hydrogen-bond acceptors (Lipinski definition) is 5. The maximum atomic E-state index is 6.01. The number of piperazine rings is 1. The molecule has 0 saturated carbocycles. The van der Waals surface area contributed by atoms with Gasteiger partial charge in [0.1, 0.15) is 11.0 Å². The summed E-state index contributed by atoms with van der Waals surface area (Å²) >= 11 is 6.01. The smallest absolute Gasteiger partial charge is 0.159 e. The summed E-state index contributed by atoms with van der Waals surface area (Å²) in [5.41, 5.74) is 0.766. The topological polar surface area (TPSA) is 62.7 Å². The lowest BCUT2D eigenvalue weighted by Crippen LogP contribution is -2.49. The first-order valence-electron chi connectivity index (χ1n) is 5.49. The molecule has 3 heterocycles. The highest BCUT2D eigenvalue weighted by atomic mass is 35.5. The first-order chi connectivity index (χ1) is 8.24. The predicted molar refractivity (Wildman–Crippen MR) is 66.0 cm³/mol. The highest BCUT2D eigenvalue weighted by Crippen LogP contribution is 2.20. The molecule has 2 aromatic rings. The minimum Gasteiger partial charge on any atom is -0.354 e. The van der Waals surface area contributed by atoms with E-state index in [1.807, 2.05) is 17.1 Å². The van der Waals surface area contributed by atoms with E-state index in [9.17, 15) is 0 Å². The number of halogens is 1. The molecule has 0 bridgehead atoms. The Morgan fingerprint density at radius 2 is 2.00 bits per heavy atom. The van der Waals surface area contributed by atoms with Crippen LogP contribution in [0.2, 0.25) is 5.15 Å². The molecule has 1 aliphatic heterocycles. The lowest BCUT2D eigenvalue weighted by Gasteiger charge is -2.33. The summed E-state index contributed by atoms with van der Waals surface area (Å²) in [5, 5.41) is 6.57. The van der Waals surface area contributed by atoms with Crippen LogP contribution >= 0.6 is 11.6 Å². The fourth-order valence-corrected chi connectivity index (χ4v) is 2.23. The predicted octanol–water partition coefficient (Wildman–Crippen LogP) is 0.378. The second-order valence-electron chi connectivity index (χ2n) is 4.06. The van der Waals surface area contributed by atoms with Gasteiger partial charge in [-0.1, -0.05) is 11.6 Å². The van der Waals surface area contributed by atoms with Crippen LogP contribution in [-0.4, -0.2) is 45.8 Å². The normalized spacial score (nSPS) is 17.9. The van der Waals surface area contributed by atoms with Gasteiger partial charge in [0.15, 0.2) is 5.65 Å². The molecule has 0 radical (unpaired) electrons. The van der Waals surface area contributed by atoms with Gasteiger partial charge < -0.3 is 4.90 Å². The molecule has 3 rings (SSSR count). The maximum Gasteiger partial charge on any atom is 0.159 e. The fraction of sp³-hybridized carbons (Fsp3) is 0.400. The summed E-state index contributed by atoms with van der Waals surface area (Å²) in [7, 11) is 0. The molecule has 1 aliphatic rings. The number of fused-ring (bicyclic) bond motifs is 1. The van der Waals surface area contributed by atoms with Gasteiger partial charge in [-0.25, -0.2) is 9.99 Å². The molecule has 0 atom stereocenters. The molecule has 0 amide bonds. The molecule has 2 aromatic heterocycles. The zero-order valence-electron chi connectivity index (χ0n) is 9.25. The number of nitrogens with two attached hydrogens (primary N) is 1. The summed E-state index contributed by atoms with van der Waals surface area (Å²) in [6, 6.07) is 3.68. The molecule has 7 heteroatoms. The van der Waals surface area contributed by atoms with E-state index in [1.54, 1.807) is 10.7 Å². The molecule has 0 unspecified atom stereocenters. The molecule has 0 spiro atoms. The molecule has 2 N–H and O–H groups in total. The van der Waals surface area contributed by atoms with Crippen LogP contribution in [0, 0.1) is 0 Å². The van der Waals surface area contributed by atoms with Crippen molar-refractivity contribution in [1.82, 2.24) is 19.6 Å². The van der Waals surface area contributed by atoms with Crippen LogP contribution in [-0.2, 0) is 0 Å². The standard InChI is InChI=1S/C10H13ClN6/c11-8-7-10(15-3-5-16(12)6-4-15)17-9(14-8)1-2-13-17/h1-2,7H,3-6,12H2. The van der Waals surface area contributed by atoms with Crippen LogP contribution < -0.4 is 10.7 Å². The van der Waals surface area contributed by atoms with Gasteiger partial charge in [0.25, 0.3) is 0 Å². The lowest BCUT2D eigenvalue weighted by molar-refractivity contribution is 0.265. The second kappa shape index (κ2) is 4.14. The molecular formula is C10H13ClN6. The highest BCUT2D eigenvalue weighted by Gasteiger charge is 2.18. The van der Waals surface area contributed by atoms with Crippen molar-refractivity contribution in [2.24, 2.45) is 5.84 Å². The average molecular weight is 253 g/mol. The van der Waals surface area contributed by atoms with E-state index in [4.69, 9.17) is 17.4 Å². The largest absolute Gasteiger partial charge is 0.354 e. The summed E-state index contributed by atoms with van der Waals surface area (Å²) in [6.45, 7) is 3.41. The van der Waals surface area contributed by atoms with Crippen molar-refractivity contribution in [3.8, 4) is 0 Å². The van der Waals surface area contributed by atoms with Gasteiger partial charge in [-0.3, -0.25) is 5.84 Å². The maximum absolute atomic E-state index is 6.01. The number of anilines is 1. The number of hydrazine groups is 1. The summed E-state index contributed by atoms with van der Waals surface area (Å²) in [6.07, 6.45) is 1.72. The third-order valence-electron chi connectivity index (χ3n) is 2.95. The molecule has 17 heavy (non-hydrogen) atoms. The molecule has 1 saturated heterocycles. The Morgan fingerprint density at radius 3 is 2.76 bits per heavy atom. The van der Waals surface area contributed by atoms with Crippen LogP contribution in [0.1, 0.15) is 0 Å². The first-order valence-corrected chi connectivity index (χ1v) is 5.87. The fourth-order valence-electron chi connectivity index (χ4n) is 2.04. The Balaban J connectivity index is 2.01. The molecule has 6 nitrogen and oxygen atoms in total. The van der Waals surface area contributed by atoms with Gasteiger partial charge in [0.2, 0.25) is 0 Å². The van der Waals surface area contributed by atoms with E-state index in [0.717, 1.165) is 37.6 Å². The van der Waals surface area contributed by atoms with Gasteiger partial charge in [0.05, 0.1) is 6.20 Å². The highest BCUT2D eigenvalue weighted by molar-refractivity contribution is 6.29. The number of nitrogens with zero attached hydrogens (tertiary/aromatic N) is 5. The van der Waals surface area contributed by atoms with Gasteiger partial charge in [-0.2, -0.15) is 9.61 Å². The van der Waals surface area contributed by atoms with Crippen LogP contribution in [0.25, 0.3) is 5.65 Å². The van der Waals surface area contributed by atoms with Crippen LogP contribution in [0.5, 0.6) is 0 Å². The molecule has 0 aliphatic carbocycles. The molecule has 0 aromatic carbocycles. The number of rotatable bonds is 1. The summed E-state index contributed by atoms with van der Waals surface area (Å²) < 4.78 is 1.80. The van der Waals surface area contributed by atoms with E-state index in [1.165, 1.54) is 0 Å². The minimum atomic E-state index is 0.489. The summed E-state index contributed by atoms with van der Waals surface area (Å²) in [4.78, 5) is 6.43. The quantitative estimate of drug-likeness (QED) is 0.587. The zero-order valence-corrected chi connectivity index (χ0v) is 10.0. The van der Waals surface area contributed by atoms with Gasteiger partial charge in [-0.15, -0.1) is 0 Å². The Hall–Kier alpha value is -1.37. The Morgan fingerprint density at radius 1 is 1.24 bits per heavy atom. The van der Waals surface area contributed by atoms with E-state index < -0.39 is 0 Å². The number of aromatic nitrogens is 3. The first kappa shape index (κ1) is 10.8. The number of hydrogen-bond donors (Lipinski definition) is 1. The lowest BCUT2D eigenvalue weighted by atomic mass is 10.3. The van der Waals surface area contributed by atoms with Crippen molar-refractivity contribution in [3.05, 3.63) is 23.5 Å². The van der Waals surface area contributed by atoms with Crippen molar-refractivity contribution in [1.29, 1.82) is 0 Å². The molecular weight excluding hydrogens is 240 g/mol. The van der Waals surface area contributed by atoms with Crippen molar-refractivity contribution in [2.75, 3.05) is 31.1 Å². The van der Waals surface area contributed by atoms with E-state index in [0.29, 0.717) is 5.15 Å². The van der Waals surface area contributed by atoms with Crippen molar-refractivity contribution in [2.45, 2.75) is 0 Å². The summed E-state index contributed by atoms with van der Waals surface area (Å²) in [5.74, 6) is 6.71. The van der Waals surface area contributed by atoms with Gasteiger partial charge in [0, 0.05) is 38.3 Å². The van der Waals surface area contributed by atoms with Crippen molar-refractivity contribution < 1.29 is 0 Å². The van der Waals surface area contributed by atoms with Gasteiger partial charge >= 0.3 is 0 Å². The van der Waals surface area contributed by atoms with Crippen LogP contribution in [0.3, 0.4) is 0 Å². The van der Waals surface area contributed by atoms with E-state index in [-0.39, 0.29) is 0 Å². The second-order valence-corrected chi connectivity index (χ2v) is 4.45. The van der Waals surface area contributed by atoms with Crippen LogP contribution in [0.4, 0.5) is 5.82 Å². The van der Waals surface area contributed by atoms with Gasteiger partial charge in [-0.05, 0) is 0 Å². The third-order valence-corrected chi connectivity index (χ3v) is 3.14. The molecule has 90 valence electrons. The van der Waals surface area contributed by atoms with E-state index in [2.05, 4.69) is 15.0 Å². The van der Waals surface area contributed by atoms with Crippen LogP contribution in [0.15, 0.2) is 18.3 Å². The third kappa shape index (κ3) is 1.95.